The summed E-state index contributed by atoms with van der Waals surface area (Å²) in [7, 11) is 4.22. The third-order valence-corrected chi connectivity index (χ3v) is 6.02. The molecule has 4 heteroatoms. The van der Waals surface area contributed by atoms with Gasteiger partial charge in [-0.2, -0.15) is 0 Å². The van der Waals surface area contributed by atoms with Crippen LogP contribution in [-0.2, 0) is 11.2 Å². The SMILES string of the molecule is CC(C)C1C(=O)N(c2ccccc2)N(C)C1CN(C)C(C)Cc1ccccc1. The second-order valence-electron chi connectivity index (χ2n) is 8.37. The van der Waals surface area contributed by atoms with E-state index in [9.17, 15) is 4.79 Å². The molecule has 0 aromatic heterocycles. The van der Waals surface area contributed by atoms with E-state index in [2.05, 4.69) is 68.1 Å². The first kappa shape index (κ1) is 20.6. The Hall–Kier alpha value is -2.17. The molecule has 3 unspecified atom stereocenters. The first-order valence-corrected chi connectivity index (χ1v) is 10.3. The molecule has 2 aromatic rings. The molecule has 1 amide bonds. The number of hydrogen-bond acceptors (Lipinski definition) is 3. The van der Waals surface area contributed by atoms with Gasteiger partial charge in [0.1, 0.15) is 0 Å². The van der Waals surface area contributed by atoms with E-state index in [-0.39, 0.29) is 17.9 Å². The van der Waals surface area contributed by atoms with Crippen LogP contribution in [-0.4, -0.2) is 48.5 Å². The number of benzene rings is 2. The van der Waals surface area contributed by atoms with Gasteiger partial charge in [-0.05, 0) is 44.0 Å². The summed E-state index contributed by atoms with van der Waals surface area (Å²) in [5.41, 5.74) is 2.30. The van der Waals surface area contributed by atoms with Gasteiger partial charge in [0.25, 0.3) is 0 Å². The van der Waals surface area contributed by atoms with Crippen LogP contribution in [0.3, 0.4) is 0 Å². The van der Waals surface area contributed by atoms with E-state index in [1.54, 1.807) is 0 Å². The fourth-order valence-corrected chi connectivity index (χ4v) is 4.27. The summed E-state index contributed by atoms with van der Waals surface area (Å²) >= 11 is 0. The van der Waals surface area contributed by atoms with Crippen LogP contribution in [0.25, 0.3) is 0 Å². The van der Waals surface area contributed by atoms with Crippen molar-refractivity contribution in [2.45, 2.75) is 39.3 Å². The first-order valence-electron chi connectivity index (χ1n) is 10.3. The Balaban J connectivity index is 1.76. The summed E-state index contributed by atoms with van der Waals surface area (Å²) in [5, 5.41) is 4.01. The van der Waals surface area contributed by atoms with E-state index in [0.29, 0.717) is 12.0 Å². The van der Waals surface area contributed by atoms with Crippen LogP contribution in [0.2, 0.25) is 0 Å². The Morgan fingerprint density at radius 2 is 1.54 bits per heavy atom. The Bertz CT molecular complexity index is 762. The third-order valence-electron chi connectivity index (χ3n) is 6.02. The minimum absolute atomic E-state index is 0.00317. The zero-order valence-corrected chi connectivity index (χ0v) is 17.7. The van der Waals surface area contributed by atoms with E-state index in [1.165, 1.54) is 5.56 Å². The maximum Gasteiger partial charge on any atom is 0.246 e. The highest BCUT2D eigenvalue weighted by molar-refractivity contribution is 5.97. The van der Waals surface area contributed by atoms with Gasteiger partial charge < -0.3 is 4.90 Å². The second kappa shape index (κ2) is 8.89. The number of anilines is 1. The van der Waals surface area contributed by atoms with Crippen LogP contribution < -0.4 is 5.01 Å². The predicted octanol–water partition coefficient (Wildman–Crippen LogP) is 4.08. The van der Waals surface area contributed by atoms with Crippen molar-refractivity contribution in [2.24, 2.45) is 11.8 Å². The number of para-hydroxylation sites is 1. The average molecular weight is 380 g/mol. The van der Waals surface area contributed by atoms with Crippen molar-refractivity contribution >= 4 is 11.6 Å². The molecule has 2 aromatic carbocycles. The van der Waals surface area contributed by atoms with E-state index < -0.39 is 0 Å². The number of hydrazine groups is 1. The molecule has 150 valence electrons. The lowest BCUT2D eigenvalue weighted by atomic mass is 9.88. The highest BCUT2D eigenvalue weighted by atomic mass is 16.2. The quantitative estimate of drug-likeness (QED) is 0.725. The molecule has 1 fully saturated rings. The largest absolute Gasteiger partial charge is 0.302 e. The lowest BCUT2D eigenvalue weighted by molar-refractivity contribution is -0.122. The molecule has 1 saturated heterocycles. The topological polar surface area (TPSA) is 26.8 Å². The highest BCUT2D eigenvalue weighted by Crippen LogP contribution is 2.34. The number of hydrogen-bond donors (Lipinski definition) is 0. The number of carbonyl (C=O) groups is 1. The molecule has 0 saturated carbocycles. The lowest BCUT2D eigenvalue weighted by Crippen LogP contribution is -2.47. The monoisotopic (exact) mass is 379 g/mol. The molecule has 1 aliphatic rings. The lowest BCUT2D eigenvalue weighted by Gasteiger charge is -2.34. The molecule has 3 rings (SSSR count). The minimum Gasteiger partial charge on any atom is -0.302 e. The van der Waals surface area contributed by atoms with Crippen molar-refractivity contribution in [1.29, 1.82) is 0 Å². The van der Waals surface area contributed by atoms with Crippen molar-refractivity contribution in [3.8, 4) is 0 Å². The van der Waals surface area contributed by atoms with Gasteiger partial charge in [-0.1, -0.05) is 62.4 Å². The van der Waals surface area contributed by atoms with Gasteiger partial charge in [-0.3, -0.25) is 4.79 Å². The van der Waals surface area contributed by atoms with Crippen molar-refractivity contribution in [3.63, 3.8) is 0 Å². The smallest absolute Gasteiger partial charge is 0.246 e. The molecule has 3 atom stereocenters. The summed E-state index contributed by atoms with van der Waals surface area (Å²) in [6, 6.07) is 21.2. The molecule has 0 N–H and O–H groups in total. The number of nitrogens with zero attached hydrogens (tertiary/aromatic N) is 3. The maximum atomic E-state index is 13.3. The number of likely N-dealkylation sites (N-methyl/N-ethyl adjacent to an activating group) is 2. The van der Waals surface area contributed by atoms with Gasteiger partial charge in [0.2, 0.25) is 5.91 Å². The zero-order chi connectivity index (χ0) is 20.3. The van der Waals surface area contributed by atoms with Crippen molar-refractivity contribution in [2.75, 3.05) is 25.6 Å². The third kappa shape index (κ3) is 4.29. The highest BCUT2D eigenvalue weighted by Gasteiger charge is 2.47. The fraction of sp³-hybridized carbons (Fsp3) is 0.458. The van der Waals surface area contributed by atoms with E-state index in [4.69, 9.17) is 0 Å². The van der Waals surface area contributed by atoms with Crippen LogP contribution in [0.1, 0.15) is 26.3 Å². The Kier molecular flexibility index (Phi) is 6.53. The maximum absolute atomic E-state index is 13.3. The van der Waals surface area contributed by atoms with Crippen LogP contribution in [0.4, 0.5) is 5.69 Å². The summed E-state index contributed by atoms with van der Waals surface area (Å²) < 4.78 is 0. The van der Waals surface area contributed by atoms with Crippen LogP contribution in [0, 0.1) is 11.8 Å². The molecule has 28 heavy (non-hydrogen) atoms. The van der Waals surface area contributed by atoms with Crippen molar-refractivity contribution < 1.29 is 4.79 Å². The summed E-state index contributed by atoms with van der Waals surface area (Å²) in [6.45, 7) is 7.45. The summed E-state index contributed by atoms with van der Waals surface area (Å²) in [5.74, 6) is 0.501. The van der Waals surface area contributed by atoms with E-state index in [1.807, 2.05) is 42.4 Å². The number of carbonyl (C=O) groups excluding carboxylic acids is 1. The second-order valence-corrected chi connectivity index (χ2v) is 8.37. The minimum atomic E-state index is -0.00317. The number of rotatable bonds is 7. The summed E-state index contributed by atoms with van der Waals surface area (Å²) in [6.07, 6.45) is 1.01. The Labute approximate surface area is 169 Å². The molecule has 4 nitrogen and oxygen atoms in total. The normalized spacial score (nSPS) is 21.7. The van der Waals surface area contributed by atoms with Gasteiger partial charge in [-0.15, -0.1) is 0 Å². The molecule has 0 spiro atoms. The molecule has 0 bridgehead atoms. The Morgan fingerprint density at radius 1 is 0.964 bits per heavy atom. The van der Waals surface area contributed by atoms with Gasteiger partial charge in [0.05, 0.1) is 17.6 Å². The molecular formula is C24H33N3O. The molecule has 0 aliphatic carbocycles. The zero-order valence-electron chi connectivity index (χ0n) is 17.7. The summed E-state index contributed by atoms with van der Waals surface area (Å²) in [4.78, 5) is 15.7. The molecular weight excluding hydrogens is 346 g/mol. The average Bonchev–Trinajstić information content (AvgIpc) is 2.93. The van der Waals surface area contributed by atoms with Crippen LogP contribution in [0.5, 0.6) is 0 Å². The van der Waals surface area contributed by atoms with Gasteiger partial charge in [-0.25, -0.2) is 10.0 Å². The predicted molar refractivity (Wildman–Crippen MR) is 116 cm³/mol. The van der Waals surface area contributed by atoms with Crippen molar-refractivity contribution in [1.82, 2.24) is 9.91 Å². The standard InChI is InChI=1S/C24H33N3O/c1-18(2)23-22(17-25(4)19(3)16-20-12-8-6-9-13-20)26(5)27(24(23)28)21-14-10-7-11-15-21/h6-15,18-19,22-23H,16-17H2,1-5H3. The van der Waals surface area contributed by atoms with Crippen molar-refractivity contribution in [3.05, 3.63) is 66.2 Å². The first-order chi connectivity index (χ1) is 13.4. The van der Waals surface area contributed by atoms with E-state index >= 15 is 0 Å². The van der Waals surface area contributed by atoms with Crippen LogP contribution >= 0.6 is 0 Å². The fourth-order valence-electron chi connectivity index (χ4n) is 4.27. The van der Waals surface area contributed by atoms with Gasteiger partial charge >= 0.3 is 0 Å². The van der Waals surface area contributed by atoms with E-state index in [0.717, 1.165) is 18.7 Å². The Morgan fingerprint density at radius 3 is 2.11 bits per heavy atom. The van der Waals surface area contributed by atoms with Gasteiger partial charge in [0, 0.05) is 19.6 Å². The van der Waals surface area contributed by atoms with Gasteiger partial charge in [0.15, 0.2) is 0 Å². The molecule has 1 heterocycles. The number of amides is 1. The molecule has 1 aliphatic heterocycles. The molecule has 0 radical (unpaired) electrons. The van der Waals surface area contributed by atoms with Crippen LogP contribution in [0.15, 0.2) is 60.7 Å².